The molecule has 1 N–H and O–H groups in total. The van der Waals surface area contributed by atoms with Crippen molar-refractivity contribution < 1.29 is 4.74 Å². The molecule has 4 rings (SSSR count). The Morgan fingerprint density at radius 1 is 1.16 bits per heavy atom. The van der Waals surface area contributed by atoms with Crippen LogP contribution in [-0.2, 0) is 0 Å². The summed E-state index contributed by atoms with van der Waals surface area (Å²) >= 11 is 0. The van der Waals surface area contributed by atoms with E-state index in [-0.39, 0.29) is 11.6 Å². The molecule has 1 saturated heterocycles. The number of nitrogens with zero attached hydrogens (tertiary/aromatic N) is 1. The Morgan fingerprint density at radius 2 is 2.00 bits per heavy atom. The standard InChI is InChI=1S/C16H18N2O/c1-2-7-14-13(6-1)15(18-10-3-4-11-18)16(19-14)8-5-9-17-12-16/h1-4,6-7,10-11,15,17H,5,8-9,12H2. The summed E-state index contributed by atoms with van der Waals surface area (Å²) in [5, 5.41) is 3.51. The van der Waals surface area contributed by atoms with Crippen LogP contribution in [0.4, 0.5) is 0 Å². The Hall–Kier alpha value is -1.74. The normalized spacial score (nSPS) is 29.2. The van der Waals surface area contributed by atoms with Gasteiger partial charge in [0.1, 0.15) is 17.4 Å². The van der Waals surface area contributed by atoms with Crippen molar-refractivity contribution in [2.45, 2.75) is 24.5 Å². The summed E-state index contributed by atoms with van der Waals surface area (Å²) in [6.45, 7) is 2.02. The van der Waals surface area contributed by atoms with E-state index < -0.39 is 0 Å². The maximum Gasteiger partial charge on any atom is 0.146 e. The van der Waals surface area contributed by atoms with Gasteiger partial charge < -0.3 is 14.6 Å². The van der Waals surface area contributed by atoms with Crippen molar-refractivity contribution in [2.75, 3.05) is 13.1 Å². The van der Waals surface area contributed by atoms with E-state index >= 15 is 0 Å². The Labute approximate surface area is 113 Å². The lowest BCUT2D eigenvalue weighted by atomic mass is 9.84. The van der Waals surface area contributed by atoms with Crippen LogP contribution in [0, 0.1) is 0 Å². The molecule has 1 aromatic heterocycles. The zero-order chi connectivity index (χ0) is 12.7. The van der Waals surface area contributed by atoms with Gasteiger partial charge in [0, 0.05) is 24.5 Å². The lowest BCUT2D eigenvalue weighted by Gasteiger charge is -2.38. The van der Waals surface area contributed by atoms with Gasteiger partial charge in [0.25, 0.3) is 0 Å². The molecule has 98 valence electrons. The fraction of sp³-hybridized carbons (Fsp3) is 0.375. The van der Waals surface area contributed by atoms with E-state index in [9.17, 15) is 0 Å². The van der Waals surface area contributed by atoms with E-state index in [0.717, 1.165) is 25.3 Å². The first-order valence-electron chi connectivity index (χ1n) is 7.00. The average Bonchev–Trinajstić information content (AvgIpc) is 3.04. The quantitative estimate of drug-likeness (QED) is 0.846. The molecular formula is C16H18N2O. The summed E-state index contributed by atoms with van der Waals surface area (Å²) in [5.74, 6) is 1.05. The predicted octanol–water partition coefficient (Wildman–Crippen LogP) is 2.59. The largest absolute Gasteiger partial charge is 0.483 e. The molecule has 2 aromatic rings. The van der Waals surface area contributed by atoms with Crippen molar-refractivity contribution in [3.63, 3.8) is 0 Å². The minimum absolute atomic E-state index is 0.124. The van der Waals surface area contributed by atoms with Crippen LogP contribution >= 0.6 is 0 Å². The summed E-state index contributed by atoms with van der Waals surface area (Å²) in [7, 11) is 0. The van der Waals surface area contributed by atoms with Crippen molar-refractivity contribution in [3.05, 3.63) is 54.4 Å². The highest BCUT2D eigenvalue weighted by Gasteiger charge is 2.49. The smallest absolute Gasteiger partial charge is 0.146 e. The van der Waals surface area contributed by atoms with Crippen molar-refractivity contribution in [2.24, 2.45) is 0 Å². The molecule has 0 bridgehead atoms. The third-order valence-corrected chi connectivity index (χ3v) is 4.33. The third kappa shape index (κ3) is 1.61. The van der Waals surface area contributed by atoms with Gasteiger partial charge in [0.2, 0.25) is 0 Å². The zero-order valence-electron chi connectivity index (χ0n) is 10.9. The number of nitrogens with one attached hydrogen (secondary N) is 1. The fourth-order valence-electron chi connectivity index (χ4n) is 3.53. The summed E-state index contributed by atoms with van der Waals surface area (Å²) in [5.41, 5.74) is 1.18. The monoisotopic (exact) mass is 254 g/mol. The molecule has 1 spiro atoms. The molecule has 2 aliphatic rings. The number of hydrogen-bond donors (Lipinski definition) is 1. The second-order valence-corrected chi connectivity index (χ2v) is 5.52. The van der Waals surface area contributed by atoms with Gasteiger partial charge in [-0.3, -0.25) is 0 Å². The van der Waals surface area contributed by atoms with E-state index in [1.807, 2.05) is 0 Å². The van der Waals surface area contributed by atoms with Crippen LogP contribution < -0.4 is 10.1 Å². The van der Waals surface area contributed by atoms with Crippen LogP contribution in [0.3, 0.4) is 0 Å². The fourth-order valence-corrected chi connectivity index (χ4v) is 3.53. The first-order valence-corrected chi connectivity index (χ1v) is 7.00. The molecule has 3 nitrogen and oxygen atoms in total. The summed E-state index contributed by atoms with van der Waals surface area (Å²) in [6.07, 6.45) is 6.57. The molecule has 0 aliphatic carbocycles. The molecule has 3 heterocycles. The van der Waals surface area contributed by atoms with Crippen molar-refractivity contribution >= 4 is 0 Å². The molecule has 1 aromatic carbocycles. The van der Waals surface area contributed by atoms with Crippen LogP contribution in [0.1, 0.15) is 24.4 Å². The molecule has 2 aliphatic heterocycles. The van der Waals surface area contributed by atoms with Crippen LogP contribution in [0.5, 0.6) is 5.75 Å². The van der Waals surface area contributed by atoms with Crippen molar-refractivity contribution in [1.82, 2.24) is 9.88 Å². The van der Waals surface area contributed by atoms with E-state index in [0.29, 0.717) is 0 Å². The topological polar surface area (TPSA) is 26.2 Å². The van der Waals surface area contributed by atoms with Crippen molar-refractivity contribution in [1.29, 1.82) is 0 Å². The van der Waals surface area contributed by atoms with E-state index in [2.05, 4.69) is 58.7 Å². The zero-order valence-corrected chi connectivity index (χ0v) is 10.9. The SMILES string of the molecule is c1ccc2c(c1)OC1(CCCNC1)C2n1cccc1. The molecule has 0 amide bonds. The molecule has 2 unspecified atom stereocenters. The van der Waals surface area contributed by atoms with Gasteiger partial charge in [0.05, 0.1) is 0 Å². The Kier molecular flexibility index (Phi) is 2.42. The Bertz CT molecular complexity index is 570. The van der Waals surface area contributed by atoms with Gasteiger partial charge >= 0.3 is 0 Å². The molecule has 1 fully saturated rings. The summed E-state index contributed by atoms with van der Waals surface area (Å²) < 4.78 is 8.68. The molecule has 19 heavy (non-hydrogen) atoms. The Balaban J connectivity index is 1.85. The highest BCUT2D eigenvalue weighted by Crippen LogP contribution is 2.48. The summed E-state index contributed by atoms with van der Waals surface area (Å²) in [4.78, 5) is 0. The first kappa shape index (κ1) is 11.1. The average molecular weight is 254 g/mol. The molecule has 0 saturated carbocycles. The molecule has 3 heteroatoms. The van der Waals surface area contributed by atoms with E-state index in [1.54, 1.807) is 0 Å². The Morgan fingerprint density at radius 3 is 2.79 bits per heavy atom. The lowest BCUT2D eigenvalue weighted by Crippen LogP contribution is -2.52. The van der Waals surface area contributed by atoms with E-state index in [4.69, 9.17) is 4.74 Å². The van der Waals surface area contributed by atoms with Crippen molar-refractivity contribution in [3.8, 4) is 5.75 Å². The number of aromatic nitrogens is 1. The lowest BCUT2D eigenvalue weighted by molar-refractivity contribution is 0.0330. The first-order chi connectivity index (χ1) is 9.39. The van der Waals surface area contributed by atoms with Gasteiger partial charge in [0.15, 0.2) is 0 Å². The highest BCUT2D eigenvalue weighted by molar-refractivity contribution is 5.44. The summed E-state index contributed by atoms with van der Waals surface area (Å²) in [6, 6.07) is 12.9. The van der Waals surface area contributed by atoms with Gasteiger partial charge in [-0.15, -0.1) is 0 Å². The van der Waals surface area contributed by atoms with E-state index in [1.165, 1.54) is 12.0 Å². The van der Waals surface area contributed by atoms with Gasteiger partial charge in [-0.05, 0) is 37.6 Å². The van der Waals surface area contributed by atoms with Crippen LogP contribution in [0.15, 0.2) is 48.8 Å². The number of fused-ring (bicyclic) bond motifs is 1. The number of piperidine rings is 1. The second kappa shape index (κ2) is 4.14. The van der Waals surface area contributed by atoms with Crippen LogP contribution in [-0.4, -0.2) is 23.3 Å². The maximum atomic E-state index is 6.39. The predicted molar refractivity (Wildman–Crippen MR) is 74.5 cm³/mol. The number of hydrogen-bond acceptors (Lipinski definition) is 2. The number of para-hydroxylation sites is 1. The molecule has 2 atom stereocenters. The number of ether oxygens (including phenoxy) is 1. The van der Waals surface area contributed by atoms with Gasteiger partial charge in [-0.1, -0.05) is 18.2 Å². The highest BCUT2D eigenvalue weighted by atomic mass is 16.5. The minimum atomic E-state index is -0.124. The van der Waals surface area contributed by atoms with Gasteiger partial charge in [-0.2, -0.15) is 0 Å². The maximum absolute atomic E-state index is 6.39. The van der Waals surface area contributed by atoms with Crippen LogP contribution in [0.2, 0.25) is 0 Å². The second-order valence-electron chi connectivity index (χ2n) is 5.52. The van der Waals surface area contributed by atoms with Crippen LogP contribution in [0.25, 0.3) is 0 Å². The molecule has 0 radical (unpaired) electrons. The molecular weight excluding hydrogens is 236 g/mol. The third-order valence-electron chi connectivity index (χ3n) is 4.33. The van der Waals surface area contributed by atoms with Gasteiger partial charge in [-0.25, -0.2) is 0 Å². The number of benzene rings is 1. The minimum Gasteiger partial charge on any atom is -0.483 e. The number of rotatable bonds is 1.